The highest BCUT2D eigenvalue weighted by Gasteiger charge is 2.29. The number of rotatable bonds is 3. The van der Waals surface area contributed by atoms with Crippen molar-refractivity contribution >= 4 is 11.8 Å². The van der Waals surface area contributed by atoms with E-state index < -0.39 is 6.10 Å². The average Bonchev–Trinajstić information content (AvgIpc) is 2.27. The Morgan fingerprint density at radius 3 is 2.71 bits per heavy atom. The van der Waals surface area contributed by atoms with Crippen molar-refractivity contribution in [1.82, 2.24) is 9.80 Å². The molecule has 0 spiro atoms. The van der Waals surface area contributed by atoms with Crippen LogP contribution in [0.4, 0.5) is 0 Å². The number of carbonyl (C=O) groups excluding carboxylic acids is 2. The zero-order valence-corrected chi connectivity index (χ0v) is 10.8. The summed E-state index contributed by atoms with van der Waals surface area (Å²) in [5.74, 6) is -0.0612. The van der Waals surface area contributed by atoms with Crippen molar-refractivity contribution < 1.29 is 14.7 Å². The van der Waals surface area contributed by atoms with Crippen LogP contribution < -0.4 is 0 Å². The highest BCUT2D eigenvalue weighted by Crippen LogP contribution is 2.18. The topological polar surface area (TPSA) is 60.9 Å². The SMILES string of the molecule is CC(=O)N1CCCC(C(=O)N(C)CC(C)O)C1. The van der Waals surface area contributed by atoms with Crippen LogP contribution in [0.15, 0.2) is 0 Å². The Kier molecular flexibility index (Phi) is 4.93. The summed E-state index contributed by atoms with van der Waals surface area (Å²) in [6.07, 6.45) is 1.18. The molecule has 1 saturated heterocycles. The third-order valence-corrected chi connectivity index (χ3v) is 3.13. The van der Waals surface area contributed by atoms with Gasteiger partial charge in [-0.15, -0.1) is 0 Å². The maximum absolute atomic E-state index is 12.1. The van der Waals surface area contributed by atoms with E-state index in [0.717, 1.165) is 19.4 Å². The van der Waals surface area contributed by atoms with Gasteiger partial charge in [0.2, 0.25) is 11.8 Å². The van der Waals surface area contributed by atoms with Crippen LogP contribution in [-0.4, -0.2) is 59.5 Å². The van der Waals surface area contributed by atoms with E-state index in [1.54, 1.807) is 23.8 Å². The van der Waals surface area contributed by atoms with Gasteiger partial charge in [-0.05, 0) is 19.8 Å². The molecule has 1 rings (SSSR count). The minimum atomic E-state index is -0.517. The number of aliphatic hydroxyl groups excluding tert-OH is 1. The Morgan fingerprint density at radius 1 is 1.53 bits per heavy atom. The van der Waals surface area contributed by atoms with Gasteiger partial charge in [-0.25, -0.2) is 0 Å². The number of aliphatic hydroxyl groups is 1. The summed E-state index contributed by atoms with van der Waals surface area (Å²) in [4.78, 5) is 26.6. The molecule has 0 aromatic carbocycles. The molecule has 1 heterocycles. The summed E-state index contributed by atoms with van der Waals surface area (Å²) in [6.45, 7) is 4.80. The van der Waals surface area contributed by atoms with Crippen LogP contribution in [0, 0.1) is 5.92 Å². The van der Waals surface area contributed by atoms with E-state index in [0.29, 0.717) is 13.1 Å². The highest BCUT2D eigenvalue weighted by molar-refractivity contribution is 5.80. The third-order valence-electron chi connectivity index (χ3n) is 3.13. The van der Waals surface area contributed by atoms with Gasteiger partial charge in [-0.2, -0.15) is 0 Å². The lowest BCUT2D eigenvalue weighted by atomic mass is 9.96. The predicted molar refractivity (Wildman–Crippen MR) is 64.3 cm³/mol. The zero-order chi connectivity index (χ0) is 13.0. The molecular formula is C12H22N2O3. The Hall–Kier alpha value is -1.10. The fourth-order valence-electron chi connectivity index (χ4n) is 2.26. The van der Waals surface area contributed by atoms with Crippen molar-refractivity contribution in [2.75, 3.05) is 26.7 Å². The number of nitrogens with zero attached hydrogens (tertiary/aromatic N) is 2. The molecule has 2 amide bonds. The molecule has 0 bridgehead atoms. The number of amides is 2. The molecule has 1 fully saturated rings. The first-order valence-electron chi connectivity index (χ1n) is 6.10. The summed E-state index contributed by atoms with van der Waals surface area (Å²) in [5, 5.41) is 9.25. The maximum Gasteiger partial charge on any atom is 0.227 e. The number of hydrogen-bond acceptors (Lipinski definition) is 3. The summed E-state index contributed by atoms with van der Waals surface area (Å²) >= 11 is 0. The normalized spacial score (nSPS) is 22.1. The Bertz CT molecular complexity index is 291. The molecule has 0 aliphatic carbocycles. The van der Waals surface area contributed by atoms with Crippen molar-refractivity contribution in [2.24, 2.45) is 5.92 Å². The quantitative estimate of drug-likeness (QED) is 0.762. The lowest BCUT2D eigenvalue weighted by Gasteiger charge is -2.33. The minimum Gasteiger partial charge on any atom is -0.392 e. The number of carbonyl (C=O) groups is 2. The average molecular weight is 242 g/mol. The van der Waals surface area contributed by atoms with Crippen molar-refractivity contribution in [3.8, 4) is 0 Å². The van der Waals surface area contributed by atoms with Gasteiger partial charge in [-0.1, -0.05) is 0 Å². The zero-order valence-electron chi connectivity index (χ0n) is 10.8. The van der Waals surface area contributed by atoms with Crippen LogP contribution in [0.1, 0.15) is 26.7 Å². The fourth-order valence-corrected chi connectivity index (χ4v) is 2.26. The van der Waals surface area contributed by atoms with Crippen LogP contribution >= 0.6 is 0 Å². The smallest absolute Gasteiger partial charge is 0.227 e. The first kappa shape index (κ1) is 14.0. The van der Waals surface area contributed by atoms with Crippen molar-refractivity contribution in [2.45, 2.75) is 32.8 Å². The molecule has 0 saturated carbocycles. The van der Waals surface area contributed by atoms with Gasteiger partial charge >= 0.3 is 0 Å². The molecule has 1 N–H and O–H groups in total. The van der Waals surface area contributed by atoms with Crippen LogP contribution in [0.5, 0.6) is 0 Å². The second kappa shape index (κ2) is 6.00. The van der Waals surface area contributed by atoms with Gasteiger partial charge in [0.15, 0.2) is 0 Å². The Balaban J connectivity index is 2.54. The summed E-state index contributed by atoms with van der Waals surface area (Å²) in [7, 11) is 1.70. The minimum absolute atomic E-state index is 0.0249. The first-order valence-corrected chi connectivity index (χ1v) is 6.10. The molecule has 1 aliphatic rings. The second-order valence-electron chi connectivity index (χ2n) is 4.87. The van der Waals surface area contributed by atoms with Crippen molar-refractivity contribution in [1.29, 1.82) is 0 Å². The molecule has 0 radical (unpaired) electrons. The standard InChI is InChI=1S/C12H22N2O3/c1-9(15)7-13(3)12(17)11-5-4-6-14(8-11)10(2)16/h9,11,15H,4-8H2,1-3H3. The predicted octanol–water partition coefficient (Wildman–Crippen LogP) is 0.0841. The fraction of sp³-hybridized carbons (Fsp3) is 0.833. The summed E-state index contributed by atoms with van der Waals surface area (Å²) in [6, 6.07) is 0. The Morgan fingerprint density at radius 2 is 2.18 bits per heavy atom. The molecule has 1 aliphatic heterocycles. The van der Waals surface area contributed by atoms with Gasteiger partial charge in [0.1, 0.15) is 0 Å². The number of hydrogen-bond donors (Lipinski definition) is 1. The molecule has 17 heavy (non-hydrogen) atoms. The number of likely N-dealkylation sites (tertiary alicyclic amines) is 1. The van der Waals surface area contributed by atoms with Crippen LogP contribution in [-0.2, 0) is 9.59 Å². The van der Waals surface area contributed by atoms with E-state index >= 15 is 0 Å². The molecule has 98 valence electrons. The van der Waals surface area contributed by atoms with Gasteiger partial charge < -0.3 is 14.9 Å². The molecule has 0 aromatic heterocycles. The summed E-state index contributed by atoms with van der Waals surface area (Å²) in [5.41, 5.74) is 0. The molecular weight excluding hydrogens is 220 g/mol. The molecule has 2 atom stereocenters. The molecule has 2 unspecified atom stereocenters. The van der Waals surface area contributed by atoms with Crippen molar-refractivity contribution in [3.63, 3.8) is 0 Å². The molecule has 0 aromatic rings. The van der Waals surface area contributed by atoms with E-state index in [-0.39, 0.29) is 17.7 Å². The third kappa shape index (κ3) is 4.00. The van der Waals surface area contributed by atoms with E-state index in [1.807, 2.05) is 0 Å². The van der Waals surface area contributed by atoms with E-state index in [4.69, 9.17) is 0 Å². The van der Waals surface area contributed by atoms with Crippen LogP contribution in [0.25, 0.3) is 0 Å². The second-order valence-corrected chi connectivity index (χ2v) is 4.87. The molecule has 5 nitrogen and oxygen atoms in total. The largest absolute Gasteiger partial charge is 0.392 e. The molecule has 5 heteroatoms. The maximum atomic E-state index is 12.1. The highest BCUT2D eigenvalue weighted by atomic mass is 16.3. The van der Waals surface area contributed by atoms with Gasteiger partial charge in [0.05, 0.1) is 12.0 Å². The number of likely N-dealkylation sites (N-methyl/N-ethyl adjacent to an activating group) is 1. The Labute approximate surface area is 102 Å². The lowest BCUT2D eigenvalue weighted by molar-refractivity contribution is -0.140. The monoisotopic (exact) mass is 242 g/mol. The van der Waals surface area contributed by atoms with Crippen LogP contribution in [0.2, 0.25) is 0 Å². The van der Waals surface area contributed by atoms with Crippen molar-refractivity contribution in [3.05, 3.63) is 0 Å². The first-order chi connectivity index (χ1) is 7.91. The van der Waals surface area contributed by atoms with E-state index in [9.17, 15) is 14.7 Å². The summed E-state index contributed by atoms with van der Waals surface area (Å²) < 4.78 is 0. The van der Waals surface area contributed by atoms with E-state index in [2.05, 4.69) is 0 Å². The van der Waals surface area contributed by atoms with Gasteiger partial charge in [0.25, 0.3) is 0 Å². The van der Waals surface area contributed by atoms with Crippen LogP contribution in [0.3, 0.4) is 0 Å². The van der Waals surface area contributed by atoms with E-state index in [1.165, 1.54) is 6.92 Å². The van der Waals surface area contributed by atoms with Gasteiger partial charge in [-0.3, -0.25) is 9.59 Å². The number of piperidine rings is 1. The van der Waals surface area contributed by atoms with Gasteiger partial charge in [0, 0.05) is 33.6 Å². The lowest BCUT2D eigenvalue weighted by Crippen LogP contribution is -2.46.